The number of nitrogens with zero attached hydrogens (tertiary/aromatic N) is 4. The maximum Gasteiger partial charge on any atom is 0.253 e. The van der Waals surface area contributed by atoms with Crippen molar-refractivity contribution in [1.29, 1.82) is 0 Å². The lowest BCUT2D eigenvalue weighted by Crippen LogP contribution is -2.40. The number of sulfone groups is 1. The molecule has 3 N–H and O–H groups in total. The number of aromatic nitrogens is 3. The lowest BCUT2D eigenvalue weighted by atomic mass is 9.97. The van der Waals surface area contributed by atoms with E-state index in [4.69, 9.17) is 5.73 Å². The van der Waals surface area contributed by atoms with Gasteiger partial charge in [0.05, 0.1) is 4.90 Å². The van der Waals surface area contributed by atoms with Gasteiger partial charge < -0.3 is 16.0 Å². The molecule has 9 nitrogen and oxygen atoms in total. The van der Waals surface area contributed by atoms with E-state index in [9.17, 15) is 13.2 Å². The molecule has 1 aliphatic rings. The largest absolute Gasteiger partial charge is 0.365 e. The van der Waals surface area contributed by atoms with Crippen molar-refractivity contribution in [2.45, 2.75) is 56.0 Å². The normalized spacial score (nSPS) is 17.4. The van der Waals surface area contributed by atoms with Crippen molar-refractivity contribution >= 4 is 33.2 Å². The fourth-order valence-corrected chi connectivity index (χ4v) is 6.10. The lowest BCUT2D eigenvalue weighted by molar-refractivity contribution is 0.0997. The molecule has 3 aromatic heterocycles. The Labute approximate surface area is 205 Å². The van der Waals surface area contributed by atoms with Gasteiger partial charge in [0, 0.05) is 24.5 Å². The number of aryl methyl sites for hydroxylation is 1. The van der Waals surface area contributed by atoms with E-state index < -0.39 is 15.7 Å². The van der Waals surface area contributed by atoms with E-state index in [1.807, 2.05) is 37.8 Å². The van der Waals surface area contributed by atoms with E-state index in [2.05, 4.69) is 27.2 Å². The van der Waals surface area contributed by atoms with Crippen LogP contribution in [0, 0.1) is 5.92 Å². The van der Waals surface area contributed by atoms with Crippen LogP contribution in [0.2, 0.25) is 0 Å². The predicted molar refractivity (Wildman–Crippen MR) is 135 cm³/mol. The van der Waals surface area contributed by atoms with Gasteiger partial charge in [-0.15, -0.1) is 0 Å². The van der Waals surface area contributed by atoms with Crippen molar-refractivity contribution in [3.63, 3.8) is 0 Å². The molecular formula is C25H30N6O3S. The van der Waals surface area contributed by atoms with E-state index in [1.165, 1.54) is 18.3 Å². The number of carbonyl (C=O) groups excluding carboxylic acids is 1. The number of hydrogen-bond donors (Lipinski definition) is 2. The summed E-state index contributed by atoms with van der Waals surface area (Å²) in [5.74, 6) is 0.661. The Morgan fingerprint density at radius 1 is 1.17 bits per heavy atom. The maximum atomic E-state index is 13.7. The van der Waals surface area contributed by atoms with Crippen molar-refractivity contribution in [1.82, 2.24) is 15.0 Å². The minimum atomic E-state index is -4.18. The minimum Gasteiger partial charge on any atom is -0.365 e. The number of hydrogen-bond acceptors (Lipinski definition) is 8. The van der Waals surface area contributed by atoms with E-state index in [0.29, 0.717) is 24.1 Å². The summed E-state index contributed by atoms with van der Waals surface area (Å²) in [4.78, 5) is 27.3. The fraction of sp³-hybridized carbons (Fsp3) is 0.360. The summed E-state index contributed by atoms with van der Waals surface area (Å²) < 4.78 is 27.4. The first-order valence-electron chi connectivity index (χ1n) is 11.5. The second-order valence-corrected chi connectivity index (χ2v) is 11.4. The SMILES string of the molecule is CCc1ccnc(Nc2cccc(S(=O)(=O)c3ccnc(N4CC(C)CC4(C)C)c3C(N)=O)n2)c1. The van der Waals surface area contributed by atoms with Gasteiger partial charge in [-0.3, -0.25) is 4.79 Å². The number of anilines is 3. The third kappa shape index (κ3) is 4.84. The fourth-order valence-electron chi connectivity index (χ4n) is 4.69. The van der Waals surface area contributed by atoms with Crippen molar-refractivity contribution < 1.29 is 13.2 Å². The van der Waals surface area contributed by atoms with Gasteiger partial charge in [0.25, 0.3) is 5.91 Å². The van der Waals surface area contributed by atoms with E-state index in [-0.39, 0.29) is 26.8 Å². The quantitative estimate of drug-likeness (QED) is 0.508. The van der Waals surface area contributed by atoms with Crippen molar-refractivity contribution in [2.75, 3.05) is 16.8 Å². The van der Waals surface area contributed by atoms with Crippen LogP contribution in [0.3, 0.4) is 0 Å². The zero-order valence-corrected chi connectivity index (χ0v) is 21.1. The molecule has 1 atom stereocenters. The highest BCUT2D eigenvalue weighted by molar-refractivity contribution is 7.91. The van der Waals surface area contributed by atoms with Crippen LogP contribution in [-0.2, 0) is 16.3 Å². The summed E-state index contributed by atoms with van der Waals surface area (Å²) in [6.45, 7) is 8.88. The molecule has 1 unspecified atom stereocenters. The Morgan fingerprint density at radius 3 is 2.57 bits per heavy atom. The highest BCUT2D eigenvalue weighted by atomic mass is 32.2. The molecule has 3 aromatic rings. The second kappa shape index (κ2) is 9.26. The third-order valence-corrected chi connectivity index (χ3v) is 7.94. The van der Waals surface area contributed by atoms with Gasteiger partial charge in [-0.25, -0.2) is 23.4 Å². The summed E-state index contributed by atoms with van der Waals surface area (Å²) in [5.41, 5.74) is 6.39. The Kier molecular flexibility index (Phi) is 6.50. The van der Waals surface area contributed by atoms with Gasteiger partial charge in [0.1, 0.15) is 23.0 Å². The molecule has 184 valence electrons. The van der Waals surface area contributed by atoms with Gasteiger partial charge in [-0.1, -0.05) is 19.9 Å². The van der Waals surface area contributed by atoms with Crippen LogP contribution >= 0.6 is 0 Å². The van der Waals surface area contributed by atoms with Gasteiger partial charge in [0.2, 0.25) is 9.84 Å². The summed E-state index contributed by atoms with van der Waals surface area (Å²) in [6.07, 6.45) is 4.80. The third-order valence-electron chi connectivity index (χ3n) is 6.24. The van der Waals surface area contributed by atoms with E-state index in [1.54, 1.807) is 18.3 Å². The number of nitrogens with two attached hydrogens (primary N) is 1. The number of rotatable bonds is 7. The first kappa shape index (κ1) is 24.6. The average Bonchev–Trinajstić information content (AvgIpc) is 3.10. The van der Waals surface area contributed by atoms with Crippen LogP contribution in [0.15, 0.2) is 58.7 Å². The first-order chi connectivity index (χ1) is 16.5. The molecule has 1 amide bonds. The molecule has 1 fully saturated rings. The summed E-state index contributed by atoms with van der Waals surface area (Å²) in [5, 5.41) is 2.85. The monoisotopic (exact) mass is 494 g/mol. The zero-order chi connectivity index (χ0) is 25.4. The Balaban J connectivity index is 1.76. The lowest BCUT2D eigenvalue weighted by Gasteiger charge is -2.33. The number of carbonyl (C=O) groups is 1. The van der Waals surface area contributed by atoms with Crippen LogP contribution in [0.5, 0.6) is 0 Å². The van der Waals surface area contributed by atoms with Crippen LogP contribution in [0.25, 0.3) is 0 Å². The molecule has 1 saturated heterocycles. The van der Waals surface area contributed by atoms with Gasteiger partial charge in [0.15, 0.2) is 5.03 Å². The van der Waals surface area contributed by atoms with Crippen molar-refractivity contribution in [2.24, 2.45) is 11.7 Å². The van der Waals surface area contributed by atoms with Crippen LogP contribution in [0.4, 0.5) is 17.5 Å². The van der Waals surface area contributed by atoms with E-state index >= 15 is 0 Å². The summed E-state index contributed by atoms with van der Waals surface area (Å²) in [7, 11) is -4.18. The van der Waals surface area contributed by atoms with Crippen LogP contribution < -0.4 is 16.0 Å². The Hall–Kier alpha value is -3.53. The highest BCUT2D eigenvalue weighted by Gasteiger charge is 2.40. The van der Waals surface area contributed by atoms with Crippen molar-refractivity contribution in [3.05, 3.63) is 59.9 Å². The number of amides is 1. The second-order valence-electron chi connectivity index (χ2n) is 9.50. The summed E-state index contributed by atoms with van der Waals surface area (Å²) in [6, 6.07) is 9.72. The molecule has 4 rings (SSSR count). The molecule has 0 radical (unpaired) electrons. The Morgan fingerprint density at radius 2 is 1.91 bits per heavy atom. The molecule has 0 saturated carbocycles. The van der Waals surface area contributed by atoms with E-state index in [0.717, 1.165) is 18.4 Å². The van der Waals surface area contributed by atoms with Gasteiger partial charge in [-0.2, -0.15) is 0 Å². The smallest absolute Gasteiger partial charge is 0.253 e. The number of pyridine rings is 3. The van der Waals surface area contributed by atoms with Gasteiger partial charge in [-0.05, 0) is 68.5 Å². The van der Waals surface area contributed by atoms with Gasteiger partial charge >= 0.3 is 0 Å². The average molecular weight is 495 g/mol. The Bertz CT molecular complexity index is 1370. The maximum absolute atomic E-state index is 13.7. The molecule has 0 aliphatic carbocycles. The minimum absolute atomic E-state index is 0.118. The molecule has 0 aromatic carbocycles. The van der Waals surface area contributed by atoms with Crippen LogP contribution in [0.1, 0.15) is 50.0 Å². The predicted octanol–water partition coefficient (Wildman–Crippen LogP) is 3.73. The topological polar surface area (TPSA) is 131 Å². The molecule has 0 bridgehead atoms. The first-order valence-corrected chi connectivity index (χ1v) is 13.0. The molecule has 1 aliphatic heterocycles. The molecule has 0 spiro atoms. The molecule has 10 heteroatoms. The summed E-state index contributed by atoms with van der Waals surface area (Å²) >= 11 is 0. The molecular weight excluding hydrogens is 464 g/mol. The highest BCUT2D eigenvalue weighted by Crippen LogP contribution is 2.39. The molecule has 35 heavy (non-hydrogen) atoms. The van der Waals surface area contributed by atoms with Crippen LogP contribution in [-0.4, -0.2) is 41.4 Å². The van der Waals surface area contributed by atoms with Crippen molar-refractivity contribution in [3.8, 4) is 0 Å². The zero-order valence-electron chi connectivity index (χ0n) is 20.3. The number of nitrogens with one attached hydrogen (secondary N) is 1. The molecule has 4 heterocycles. The number of primary amides is 1. The standard InChI is InChI=1S/C25H30N6O3S/c1-5-17-9-11-27-20(13-17)29-19-7-6-8-21(30-19)35(33,34)18-10-12-28-24(22(18)23(26)32)31-15-16(2)14-25(31,3)4/h6-13,16H,5,14-15H2,1-4H3,(H2,26,32)(H,27,29,30).